The van der Waals surface area contributed by atoms with E-state index in [4.69, 9.17) is 0 Å². The Morgan fingerprint density at radius 1 is 1.19 bits per heavy atom. The highest BCUT2D eigenvalue weighted by atomic mass is 32.2. The summed E-state index contributed by atoms with van der Waals surface area (Å²) in [5.74, 6) is -0.275. The number of amides is 1. The summed E-state index contributed by atoms with van der Waals surface area (Å²) in [5.41, 5.74) is 0.882. The number of aromatic amines is 1. The molecule has 2 aromatic rings. The lowest BCUT2D eigenvalue weighted by atomic mass is 10.1. The summed E-state index contributed by atoms with van der Waals surface area (Å²) in [6, 6.07) is 9.26. The van der Waals surface area contributed by atoms with Crippen LogP contribution in [-0.4, -0.2) is 48.6 Å². The quantitative estimate of drug-likeness (QED) is 0.788. The number of piperidine rings is 1. The third-order valence-electron chi connectivity index (χ3n) is 4.64. The lowest BCUT2D eigenvalue weighted by Gasteiger charge is -2.32. The number of aromatic nitrogens is 2. The lowest BCUT2D eigenvalue weighted by Crippen LogP contribution is -2.46. The highest BCUT2D eigenvalue weighted by Crippen LogP contribution is 2.17. The first kappa shape index (κ1) is 19.2. The molecule has 2 N–H and O–H groups in total. The van der Waals surface area contributed by atoms with Crippen LogP contribution in [0.5, 0.6) is 0 Å². The monoisotopic (exact) mass is 390 g/mol. The molecule has 0 radical (unpaired) electrons. The summed E-state index contributed by atoms with van der Waals surface area (Å²) in [6.45, 7) is 2.85. The number of H-pyrrole nitrogens is 1. The normalized spacial score (nSPS) is 15.7. The van der Waals surface area contributed by atoms with E-state index in [-0.39, 0.29) is 28.1 Å². The van der Waals surface area contributed by atoms with Gasteiger partial charge < -0.3 is 4.90 Å². The maximum absolute atomic E-state index is 12.5. The van der Waals surface area contributed by atoms with Crippen molar-refractivity contribution < 1.29 is 13.2 Å². The molecule has 1 aliphatic rings. The number of likely N-dealkylation sites (tertiary alicyclic amines) is 1. The van der Waals surface area contributed by atoms with E-state index in [9.17, 15) is 18.0 Å². The number of hydrogen-bond acceptors (Lipinski definition) is 5. The Hall–Kier alpha value is -2.52. The number of aryl methyl sites for hydroxylation is 1. The van der Waals surface area contributed by atoms with E-state index in [2.05, 4.69) is 14.9 Å². The zero-order valence-corrected chi connectivity index (χ0v) is 15.8. The van der Waals surface area contributed by atoms with Gasteiger partial charge in [0.25, 0.3) is 11.5 Å². The Bertz CT molecular complexity index is 941. The fourth-order valence-electron chi connectivity index (χ4n) is 3.02. The summed E-state index contributed by atoms with van der Waals surface area (Å²) in [4.78, 5) is 25.3. The minimum Gasteiger partial charge on any atom is -0.337 e. The number of nitrogens with one attached hydrogen (secondary N) is 2. The van der Waals surface area contributed by atoms with Gasteiger partial charge in [-0.1, -0.05) is 19.1 Å². The van der Waals surface area contributed by atoms with Crippen molar-refractivity contribution in [2.75, 3.05) is 13.1 Å². The lowest BCUT2D eigenvalue weighted by molar-refractivity contribution is 0.0704. The third-order valence-corrected chi connectivity index (χ3v) is 6.18. The first-order valence-corrected chi connectivity index (χ1v) is 10.3. The minimum atomic E-state index is -3.59. The summed E-state index contributed by atoms with van der Waals surface area (Å²) < 4.78 is 27.8. The topological polar surface area (TPSA) is 112 Å². The van der Waals surface area contributed by atoms with Gasteiger partial charge in [-0.05, 0) is 43.0 Å². The average molecular weight is 390 g/mol. The fraction of sp³-hybridized carbons (Fsp3) is 0.389. The minimum absolute atomic E-state index is 0.171. The molecule has 2 heterocycles. The van der Waals surface area contributed by atoms with Gasteiger partial charge in [-0.2, -0.15) is 5.10 Å². The van der Waals surface area contributed by atoms with Crippen LogP contribution in [0.2, 0.25) is 0 Å². The van der Waals surface area contributed by atoms with Crippen molar-refractivity contribution in [2.24, 2.45) is 0 Å². The molecule has 1 aromatic carbocycles. The van der Waals surface area contributed by atoms with E-state index in [1.807, 2.05) is 19.1 Å². The van der Waals surface area contributed by atoms with Crippen molar-refractivity contribution in [1.29, 1.82) is 0 Å². The number of benzene rings is 1. The third kappa shape index (κ3) is 4.61. The molecule has 1 aromatic heterocycles. The Morgan fingerprint density at radius 3 is 2.41 bits per heavy atom. The average Bonchev–Trinajstić information content (AvgIpc) is 2.68. The zero-order valence-electron chi connectivity index (χ0n) is 15.0. The van der Waals surface area contributed by atoms with Crippen LogP contribution in [0.1, 0.15) is 35.8 Å². The SMILES string of the molecule is CCc1ccc(S(=O)(=O)NC2CCN(C(=O)c3ccc(=O)[nH]n3)CC2)cc1. The van der Waals surface area contributed by atoms with Crippen molar-refractivity contribution in [3.8, 4) is 0 Å². The number of carbonyl (C=O) groups excluding carboxylic acids is 1. The maximum Gasteiger partial charge on any atom is 0.274 e. The Morgan fingerprint density at radius 2 is 1.85 bits per heavy atom. The molecule has 144 valence electrons. The van der Waals surface area contributed by atoms with Gasteiger partial charge >= 0.3 is 0 Å². The van der Waals surface area contributed by atoms with Crippen LogP contribution >= 0.6 is 0 Å². The van der Waals surface area contributed by atoms with E-state index >= 15 is 0 Å². The second-order valence-electron chi connectivity index (χ2n) is 6.49. The standard InChI is InChI=1S/C18H22N4O4S/c1-2-13-3-5-15(6-4-13)27(25,26)21-14-9-11-22(12-10-14)18(24)16-7-8-17(23)20-19-16/h3-8,14,21H,2,9-12H2,1H3,(H,20,23). The van der Waals surface area contributed by atoms with Gasteiger partial charge in [0.15, 0.2) is 0 Å². The van der Waals surface area contributed by atoms with Crippen molar-refractivity contribution in [1.82, 2.24) is 19.8 Å². The van der Waals surface area contributed by atoms with E-state index in [1.165, 1.54) is 12.1 Å². The molecule has 0 spiro atoms. The largest absolute Gasteiger partial charge is 0.337 e. The molecule has 1 amide bonds. The Kier molecular flexibility index (Phi) is 5.71. The van der Waals surface area contributed by atoms with Crippen LogP contribution in [0.15, 0.2) is 46.1 Å². The molecule has 0 unspecified atom stereocenters. The van der Waals surface area contributed by atoms with Crippen LogP contribution in [0.25, 0.3) is 0 Å². The predicted molar refractivity (Wildman–Crippen MR) is 99.9 cm³/mol. The molecule has 0 atom stereocenters. The van der Waals surface area contributed by atoms with Crippen LogP contribution in [0.3, 0.4) is 0 Å². The first-order valence-electron chi connectivity index (χ1n) is 8.85. The molecular weight excluding hydrogens is 368 g/mol. The summed E-state index contributed by atoms with van der Waals surface area (Å²) in [7, 11) is -3.59. The van der Waals surface area contributed by atoms with Gasteiger partial charge in [-0.25, -0.2) is 18.2 Å². The predicted octanol–water partition coefficient (Wildman–Crippen LogP) is 0.915. The molecule has 0 bridgehead atoms. The van der Waals surface area contributed by atoms with E-state index in [0.29, 0.717) is 25.9 Å². The van der Waals surface area contributed by atoms with E-state index in [1.54, 1.807) is 17.0 Å². The molecule has 1 fully saturated rings. The molecule has 3 rings (SSSR count). The van der Waals surface area contributed by atoms with Gasteiger partial charge in [0.1, 0.15) is 5.69 Å². The van der Waals surface area contributed by atoms with Crippen LogP contribution in [-0.2, 0) is 16.4 Å². The number of carbonyl (C=O) groups is 1. The highest BCUT2D eigenvalue weighted by Gasteiger charge is 2.27. The zero-order chi connectivity index (χ0) is 19.4. The Labute approximate surface area is 157 Å². The maximum atomic E-state index is 12.5. The Balaban J connectivity index is 1.59. The highest BCUT2D eigenvalue weighted by molar-refractivity contribution is 7.89. The van der Waals surface area contributed by atoms with Crippen molar-refractivity contribution >= 4 is 15.9 Å². The smallest absolute Gasteiger partial charge is 0.274 e. The second-order valence-corrected chi connectivity index (χ2v) is 8.21. The number of nitrogens with zero attached hydrogens (tertiary/aromatic N) is 2. The molecule has 1 saturated heterocycles. The van der Waals surface area contributed by atoms with E-state index < -0.39 is 10.0 Å². The number of hydrogen-bond donors (Lipinski definition) is 2. The van der Waals surface area contributed by atoms with Crippen LogP contribution in [0.4, 0.5) is 0 Å². The van der Waals surface area contributed by atoms with Crippen molar-refractivity contribution in [3.05, 3.63) is 58.0 Å². The summed E-state index contributed by atoms with van der Waals surface area (Å²) in [6.07, 6.45) is 1.88. The molecule has 27 heavy (non-hydrogen) atoms. The number of rotatable bonds is 5. The fourth-order valence-corrected chi connectivity index (χ4v) is 4.32. The van der Waals surface area contributed by atoms with Gasteiger partial charge in [0.2, 0.25) is 10.0 Å². The summed E-state index contributed by atoms with van der Waals surface area (Å²) >= 11 is 0. The van der Waals surface area contributed by atoms with Gasteiger partial charge in [-0.15, -0.1) is 0 Å². The molecule has 0 aliphatic carbocycles. The molecule has 0 saturated carbocycles. The second kappa shape index (κ2) is 8.01. The molecule has 8 nitrogen and oxygen atoms in total. The van der Waals surface area contributed by atoms with E-state index in [0.717, 1.165) is 12.0 Å². The van der Waals surface area contributed by atoms with Gasteiger partial charge in [0, 0.05) is 25.2 Å². The van der Waals surface area contributed by atoms with Gasteiger partial charge in [0.05, 0.1) is 4.90 Å². The molecular formula is C18H22N4O4S. The van der Waals surface area contributed by atoms with Crippen LogP contribution in [0, 0.1) is 0 Å². The molecule has 1 aliphatic heterocycles. The van der Waals surface area contributed by atoms with Crippen LogP contribution < -0.4 is 10.3 Å². The first-order chi connectivity index (χ1) is 12.9. The molecule has 9 heteroatoms. The van der Waals surface area contributed by atoms with Crippen molar-refractivity contribution in [2.45, 2.75) is 37.1 Å². The summed E-state index contributed by atoms with van der Waals surface area (Å²) in [5, 5.41) is 5.99. The van der Waals surface area contributed by atoms with Gasteiger partial charge in [-0.3, -0.25) is 9.59 Å². The number of sulfonamides is 1. The van der Waals surface area contributed by atoms with Crippen molar-refractivity contribution in [3.63, 3.8) is 0 Å².